The Hall–Kier alpha value is -1.69. The van der Waals surface area contributed by atoms with E-state index in [2.05, 4.69) is 22.7 Å². The normalized spacial score (nSPS) is 10.4. The van der Waals surface area contributed by atoms with Crippen LogP contribution in [-0.2, 0) is 7.05 Å². The van der Waals surface area contributed by atoms with Crippen LogP contribution in [0.5, 0.6) is 5.75 Å². The third-order valence-electron chi connectivity index (χ3n) is 1.53. The molecule has 0 aromatic carbocycles. The van der Waals surface area contributed by atoms with Crippen molar-refractivity contribution in [2.24, 2.45) is 17.9 Å². The summed E-state index contributed by atoms with van der Waals surface area (Å²) in [5.41, 5.74) is 8.43. The molecule has 0 radical (unpaired) electrons. The maximum atomic E-state index is 9.13. The van der Waals surface area contributed by atoms with Gasteiger partial charge in [0.15, 0.2) is 10.9 Å². The van der Waals surface area contributed by atoms with Crippen molar-refractivity contribution in [2.45, 2.75) is 0 Å². The minimum atomic E-state index is 0.114. The maximum Gasteiger partial charge on any atom is 0.225 e. The lowest BCUT2D eigenvalue weighted by Gasteiger charge is -1.95. The van der Waals surface area contributed by atoms with Gasteiger partial charge in [0.2, 0.25) is 11.9 Å². The van der Waals surface area contributed by atoms with Gasteiger partial charge in [-0.15, -0.1) is 0 Å². The third kappa shape index (κ3) is 2.98. The van der Waals surface area contributed by atoms with E-state index >= 15 is 0 Å². The van der Waals surface area contributed by atoms with Gasteiger partial charge in [0.1, 0.15) is 13.3 Å². The Labute approximate surface area is 86.9 Å². The number of thiocarbonyl (C=S) groups is 1. The molecule has 6 heteroatoms. The lowest BCUT2D eigenvalue weighted by Crippen LogP contribution is -2.33. The van der Waals surface area contributed by atoms with E-state index in [4.69, 9.17) is 10.8 Å². The number of hydrogen-bond donors (Lipinski definition) is 3. The lowest BCUT2D eigenvalue weighted by molar-refractivity contribution is -0.672. The summed E-state index contributed by atoms with van der Waals surface area (Å²) in [6, 6.07) is 3.29. The molecule has 0 unspecified atom stereocenters. The average molecular weight is 211 g/mol. The number of nitrogens with zero attached hydrogens (tertiary/aromatic N) is 2. The highest BCUT2D eigenvalue weighted by Gasteiger charge is 2.03. The van der Waals surface area contributed by atoms with E-state index in [0.717, 1.165) is 5.69 Å². The monoisotopic (exact) mass is 211 g/mol. The summed E-state index contributed by atoms with van der Waals surface area (Å²) in [6.07, 6.45) is 3.13. The van der Waals surface area contributed by atoms with Gasteiger partial charge in [-0.25, -0.2) is 0 Å². The minimum Gasteiger partial charge on any atom is -0.503 e. The predicted octanol–water partition coefficient (Wildman–Crippen LogP) is -0.616. The fraction of sp³-hybridized carbons (Fsp3) is 0.125. The number of rotatable bonds is 2. The third-order valence-corrected chi connectivity index (χ3v) is 1.62. The summed E-state index contributed by atoms with van der Waals surface area (Å²) in [4.78, 5) is 0. The molecular weight excluding hydrogens is 200 g/mol. The van der Waals surface area contributed by atoms with Gasteiger partial charge in [-0.05, 0) is 18.3 Å². The Kier molecular flexibility index (Phi) is 3.35. The SMILES string of the molecule is C[n+]1cc(O)ccc1C=NNC(N)=S. The fourth-order valence-corrected chi connectivity index (χ4v) is 0.953. The second-order valence-electron chi connectivity index (χ2n) is 2.66. The molecule has 4 N–H and O–H groups in total. The second kappa shape index (κ2) is 4.52. The van der Waals surface area contributed by atoms with E-state index in [1.54, 1.807) is 36.2 Å². The number of aromatic hydroxyl groups is 1. The molecule has 1 rings (SSSR count). The molecule has 0 spiro atoms. The van der Waals surface area contributed by atoms with Crippen LogP contribution in [0.2, 0.25) is 0 Å². The van der Waals surface area contributed by atoms with Gasteiger partial charge in [0.05, 0.1) is 0 Å². The van der Waals surface area contributed by atoms with E-state index in [0.29, 0.717) is 0 Å². The number of aromatic nitrogens is 1. The molecule has 0 bridgehead atoms. The quantitative estimate of drug-likeness (QED) is 0.264. The van der Waals surface area contributed by atoms with Crippen LogP contribution in [0.15, 0.2) is 23.4 Å². The van der Waals surface area contributed by atoms with Crippen molar-refractivity contribution in [3.05, 3.63) is 24.0 Å². The summed E-state index contributed by atoms with van der Waals surface area (Å²) < 4.78 is 1.72. The van der Waals surface area contributed by atoms with E-state index in [9.17, 15) is 0 Å². The molecule has 0 amide bonds. The Bertz CT molecular complexity index is 378. The number of hydrogen-bond acceptors (Lipinski definition) is 3. The zero-order valence-corrected chi connectivity index (χ0v) is 8.45. The van der Waals surface area contributed by atoms with Crippen molar-refractivity contribution >= 4 is 23.5 Å². The van der Waals surface area contributed by atoms with Gasteiger partial charge >= 0.3 is 0 Å². The number of nitrogens with two attached hydrogens (primary N) is 1. The second-order valence-corrected chi connectivity index (χ2v) is 3.10. The summed E-state index contributed by atoms with van der Waals surface area (Å²) in [7, 11) is 1.79. The molecule has 0 fully saturated rings. The summed E-state index contributed by atoms with van der Waals surface area (Å²) in [5, 5.41) is 13.0. The van der Waals surface area contributed by atoms with Crippen molar-refractivity contribution < 1.29 is 9.67 Å². The first kappa shape index (κ1) is 10.4. The summed E-state index contributed by atoms with van der Waals surface area (Å²) in [5.74, 6) is 0.201. The Morgan fingerprint density at radius 2 is 2.43 bits per heavy atom. The molecule has 1 aromatic rings. The molecule has 1 aromatic heterocycles. The van der Waals surface area contributed by atoms with Crippen LogP contribution in [0.25, 0.3) is 0 Å². The molecule has 1 heterocycles. The number of pyridine rings is 1. The first-order valence-electron chi connectivity index (χ1n) is 3.87. The smallest absolute Gasteiger partial charge is 0.225 e. The average Bonchev–Trinajstić information content (AvgIpc) is 2.08. The van der Waals surface area contributed by atoms with Crippen LogP contribution in [0.4, 0.5) is 0 Å². The Balaban J connectivity index is 2.76. The highest BCUT2D eigenvalue weighted by atomic mass is 32.1. The topological polar surface area (TPSA) is 74.5 Å². The zero-order chi connectivity index (χ0) is 10.6. The van der Waals surface area contributed by atoms with Crippen molar-refractivity contribution in [3.63, 3.8) is 0 Å². The molecule has 5 nitrogen and oxygen atoms in total. The number of aryl methyl sites for hydroxylation is 1. The first-order valence-corrected chi connectivity index (χ1v) is 4.27. The molecule has 0 aliphatic carbocycles. The minimum absolute atomic E-state index is 0.114. The predicted molar refractivity (Wildman–Crippen MR) is 56.8 cm³/mol. The molecule has 0 saturated carbocycles. The standard InChI is InChI=1S/C8H10N4OS/c1-12-5-7(13)3-2-6(12)4-10-11-8(9)14/h2-5H,1H3,(H3,9,13,14)/p+1. The van der Waals surface area contributed by atoms with Crippen LogP contribution >= 0.6 is 12.2 Å². The van der Waals surface area contributed by atoms with Crippen molar-refractivity contribution in [2.75, 3.05) is 0 Å². The Morgan fingerprint density at radius 3 is 3.00 bits per heavy atom. The highest BCUT2D eigenvalue weighted by molar-refractivity contribution is 7.80. The number of hydrazone groups is 1. The van der Waals surface area contributed by atoms with Gasteiger partial charge < -0.3 is 10.8 Å². The van der Waals surface area contributed by atoms with Gasteiger partial charge in [-0.1, -0.05) is 0 Å². The molecule has 0 atom stereocenters. The number of nitrogens with one attached hydrogen (secondary N) is 1. The van der Waals surface area contributed by atoms with Crippen LogP contribution < -0.4 is 15.7 Å². The van der Waals surface area contributed by atoms with Crippen LogP contribution in [0.3, 0.4) is 0 Å². The molecular formula is C8H11N4OS+. The van der Waals surface area contributed by atoms with Gasteiger partial charge in [0.25, 0.3) is 0 Å². The molecule has 0 aliphatic rings. The summed E-state index contributed by atoms with van der Waals surface area (Å²) >= 11 is 4.57. The van der Waals surface area contributed by atoms with E-state index < -0.39 is 0 Å². The molecule has 0 saturated heterocycles. The van der Waals surface area contributed by atoms with Crippen molar-refractivity contribution in [3.8, 4) is 5.75 Å². The maximum absolute atomic E-state index is 9.13. The van der Waals surface area contributed by atoms with Gasteiger partial charge in [-0.2, -0.15) is 9.67 Å². The molecule has 74 valence electrons. The highest BCUT2D eigenvalue weighted by Crippen LogP contribution is 2.02. The Morgan fingerprint density at radius 1 is 1.71 bits per heavy atom. The summed E-state index contributed by atoms with van der Waals surface area (Å²) in [6.45, 7) is 0. The van der Waals surface area contributed by atoms with Crippen LogP contribution in [-0.4, -0.2) is 16.4 Å². The van der Waals surface area contributed by atoms with E-state index in [1.807, 2.05) is 0 Å². The van der Waals surface area contributed by atoms with Gasteiger partial charge in [-0.3, -0.25) is 5.43 Å². The zero-order valence-electron chi connectivity index (χ0n) is 7.64. The van der Waals surface area contributed by atoms with E-state index in [-0.39, 0.29) is 10.9 Å². The van der Waals surface area contributed by atoms with E-state index in [1.165, 1.54) is 0 Å². The largest absolute Gasteiger partial charge is 0.503 e. The van der Waals surface area contributed by atoms with Crippen molar-refractivity contribution in [1.82, 2.24) is 5.43 Å². The fourth-order valence-electron chi connectivity index (χ4n) is 0.900. The molecule has 0 aliphatic heterocycles. The first-order chi connectivity index (χ1) is 6.59. The van der Waals surface area contributed by atoms with Crippen LogP contribution in [0, 0.1) is 0 Å². The molecule has 14 heavy (non-hydrogen) atoms. The lowest BCUT2D eigenvalue weighted by atomic mass is 10.3. The van der Waals surface area contributed by atoms with Crippen LogP contribution in [0.1, 0.15) is 5.69 Å². The van der Waals surface area contributed by atoms with Gasteiger partial charge in [0, 0.05) is 6.07 Å². The van der Waals surface area contributed by atoms with Crippen molar-refractivity contribution in [1.29, 1.82) is 0 Å².